The molecule has 1 fully saturated rings. The largest absolute Gasteiger partial charge is 0.351 e. The number of nitrogens with zero attached hydrogens (tertiary/aromatic N) is 2. The van der Waals surface area contributed by atoms with Crippen LogP contribution in [0.15, 0.2) is 36.9 Å². The second-order valence-corrected chi connectivity index (χ2v) is 5.69. The Labute approximate surface area is 131 Å². The van der Waals surface area contributed by atoms with Crippen LogP contribution in [0.1, 0.15) is 25.3 Å². The molecular weight excluding hydrogens is 278 g/mol. The van der Waals surface area contributed by atoms with Crippen molar-refractivity contribution in [2.24, 2.45) is 0 Å². The normalized spacial score (nSPS) is 14.6. The molecule has 118 valence electrons. The van der Waals surface area contributed by atoms with Gasteiger partial charge in [-0.3, -0.25) is 9.69 Å². The van der Waals surface area contributed by atoms with E-state index in [-0.39, 0.29) is 18.5 Å². The first-order chi connectivity index (χ1) is 10.5. The molecule has 0 spiro atoms. The van der Waals surface area contributed by atoms with E-state index in [9.17, 15) is 9.59 Å². The minimum Gasteiger partial charge on any atom is -0.351 e. The van der Waals surface area contributed by atoms with E-state index in [0.717, 1.165) is 5.69 Å². The molecule has 0 aromatic heterocycles. The molecule has 0 unspecified atom stereocenters. The quantitative estimate of drug-likeness (QED) is 0.820. The monoisotopic (exact) mass is 301 g/mol. The maximum atomic E-state index is 12.4. The van der Waals surface area contributed by atoms with Crippen LogP contribution in [0.4, 0.5) is 10.5 Å². The second kappa shape index (κ2) is 7.11. The summed E-state index contributed by atoms with van der Waals surface area (Å²) in [4.78, 5) is 27.4. The third-order valence-corrected chi connectivity index (χ3v) is 3.74. The van der Waals surface area contributed by atoms with Crippen molar-refractivity contribution in [1.82, 2.24) is 10.2 Å². The maximum Gasteiger partial charge on any atom is 0.325 e. The fraction of sp³-hybridized carbons (Fsp3) is 0.412. The van der Waals surface area contributed by atoms with Gasteiger partial charge in [0.25, 0.3) is 0 Å². The average Bonchev–Trinajstić information content (AvgIpc) is 2.86. The van der Waals surface area contributed by atoms with Gasteiger partial charge in [0.05, 0.1) is 0 Å². The van der Waals surface area contributed by atoms with Crippen molar-refractivity contribution in [2.75, 3.05) is 31.1 Å². The lowest BCUT2D eigenvalue weighted by molar-refractivity contribution is -0.121. The Bertz CT molecular complexity index is 552. The number of anilines is 1. The molecule has 2 rings (SSSR count). The summed E-state index contributed by atoms with van der Waals surface area (Å²) in [5, 5.41) is 2.68. The van der Waals surface area contributed by atoms with Crippen molar-refractivity contribution in [3.05, 3.63) is 42.5 Å². The predicted molar refractivity (Wildman–Crippen MR) is 88.1 cm³/mol. The molecule has 22 heavy (non-hydrogen) atoms. The summed E-state index contributed by atoms with van der Waals surface area (Å²) in [6.07, 6.45) is 1.62. The SMILES string of the molecule is C=CCNC(=O)CN1CCN(c2ccc(C(C)C)cc2)C1=O. The number of hydrogen-bond donors (Lipinski definition) is 1. The smallest absolute Gasteiger partial charge is 0.325 e. The molecule has 1 heterocycles. The highest BCUT2D eigenvalue weighted by atomic mass is 16.2. The van der Waals surface area contributed by atoms with Crippen molar-refractivity contribution in [3.63, 3.8) is 0 Å². The first-order valence-electron chi connectivity index (χ1n) is 7.57. The molecule has 0 radical (unpaired) electrons. The number of benzene rings is 1. The van der Waals surface area contributed by atoms with Crippen molar-refractivity contribution in [2.45, 2.75) is 19.8 Å². The standard InChI is InChI=1S/C17H23N3O2/c1-4-9-18-16(21)12-19-10-11-20(17(19)22)15-7-5-14(6-8-15)13(2)3/h4-8,13H,1,9-12H2,2-3H3,(H,18,21). The van der Waals surface area contributed by atoms with Crippen molar-refractivity contribution in [1.29, 1.82) is 0 Å². The molecule has 1 aliphatic heterocycles. The molecule has 0 aliphatic carbocycles. The van der Waals surface area contributed by atoms with Gasteiger partial charge in [-0.1, -0.05) is 32.1 Å². The van der Waals surface area contributed by atoms with Crippen molar-refractivity contribution in [3.8, 4) is 0 Å². The molecule has 3 amide bonds. The predicted octanol–water partition coefficient (Wildman–Crippen LogP) is 2.35. The fourth-order valence-electron chi connectivity index (χ4n) is 2.42. The average molecular weight is 301 g/mol. The molecule has 5 heteroatoms. The maximum absolute atomic E-state index is 12.4. The number of rotatable bonds is 6. The number of carbonyl (C=O) groups is 2. The van der Waals surface area contributed by atoms with Crippen molar-refractivity contribution >= 4 is 17.6 Å². The van der Waals surface area contributed by atoms with Crippen LogP contribution in [0, 0.1) is 0 Å². The third-order valence-electron chi connectivity index (χ3n) is 3.74. The Morgan fingerprint density at radius 2 is 2.00 bits per heavy atom. The molecule has 0 atom stereocenters. The van der Waals surface area contributed by atoms with Crippen molar-refractivity contribution < 1.29 is 9.59 Å². The minimum absolute atomic E-state index is 0.0905. The van der Waals surface area contributed by atoms with E-state index in [1.165, 1.54) is 5.56 Å². The zero-order valence-electron chi connectivity index (χ0n) is 13.2. The molecule has 1 aromatic carbocycles. The topological polar surface area (TPSA) is 52.7 Å². The van der Waals surface area contributed by atoms with Crippen LogP contribution in [-0.2, 0) is 4.79 Å². The number of hydrogen-bond acceptors (Lipinski definition) is 2. The van der Waals surface area contributed by atoms with Gasteiger partial charge in [-0.05, 0) is 23.6 Å². The highest BCUT2D eigenvalue weighted by Gasteiger charge is 2.30. The van der Waals surface area contributed by atoms with E-state index >= 15 is 0 Å². The Morgan fingerprint density at radius 1 is 1.32 bits per heavy atom. The molecule has 0 saturated carbocycles. The highest BCUT2D eigenvalue weighted by Crippen LogP contribution is 2.23. The van der Waals surface area contributed by atoms with Gasteiger partial charge in [0.15, 0.2) is 0 Å². The molecule has 1 saturated heterocycles. The highest BCUT2D eigenvalue weighted by molar-refractivity contribution is 5.96. The van der Waals surface area contributed by atoms with E-state index in [2.05, 4.69) is 25.7 Å². The van der Waals surface area contributed by atoms with Crippen LogP contribution < -0.4 is 10.2 Å². The van der Waals surface area contributed by atoms with Gasteiger partial charge in [-0.15, -0.1) is 6.58 Å². The summed E-state index contributed by atoms with van der Waals surface area (Å²) < 4.78 is 0. The number of amides is 3. The van der Waals surface area contributed by atoms with Crippen LogP contribution in [-0.4, -0.2) is 43.0 Å². The van der Waals surface area contributed by atoms with Gasteiger partial charge in [0, 0.05) is 25.3 Å². The summed E-state index contributed by atoms with van der Waals surface area (Å²) in [7, 11) is 0. The summed E-state index contributed by atoms with van der Waals surface area (Å²) in [6, 6.07) is 7.91. The Kier molecular flexibility index (Phi) is 5.20. The Morgan fingerprint density at radius 3 is 2.59 bits per heavy atom. The first kappa shape index (κ1) is 16.1. The number of urea groups is 1. The lowest BCUT2D eigenvalue weighted by Crippen LogP contribution is -2.40. The zero-order chi connectivity index (χ0) is 16.1. The van der Waals surface area contributed by atoms with Crippen LogP contribution in [0.25, 0.3) is 0 Å². The zero-order valence-corrected chi connectivity index (χ0v) is 13.2. The third kappa shape index (κ3) is 3.67. The van der Waals surface area contributed by atoms with Gasteiger partial charge < -0.3 is 10.2 Å². The summed E-state index contributed by atoms with van der Waals surface area (Å²) in [5.74, 6) is 0.304. The second-order valence-electron chi connectivity index (χ2n) is 5.69. The van der Waals surface area contributed by atoms with Crippen LogP contribution in [0.3, 0.4) is 0 Å². The van der Waals surface area contributed by atoms with Gasteiger partial charge >= 0.3 is 6.03 Å². The summed E-state index contributed by atoms with van der Waals surface area (Å²) >= 11 is 0. The van der Waals surface area contributed by atoms with E-state index < -0.39 is 0 Å². The summed E-state index contributed by atoms with van der Waals surface area (Å²) in [6.45, 7) is 9.50. The lowest BCUT2D eigenvalue weighted by Gasteiger charge is -2.19. The Balaban J connectivity index is 1.98. The summed E-state index contributed by atoms with van der Waals surface area (Å²) in [5.41, 5.74) is 2.12. The molecular formula is C17H23N3O2. The van der Waals surface area contributed by atoms with Gasteiger partial charge in [0.2, 0.25) is 5.91 Å². The van der Waals surface area contributed by atoms with Gasteiger partial charge in [-0.2, -0.15) is 0 Å². The molecule has 5 nitrogen and oxygen atoms in total. The van der Waals surface area contributed by atoms with Gasteiger partial charge in [-0.25, -0.2) is 4.79 Å². The first-order valence-corrected chi connectivity index (χ1v) is 7.57. The number of nitrogens with one attached hydrogen (secondary N) is 1. The van der Waals surface area contributed by atoms with Crippen LogP contribution in [0.2, 0.25) is 0 Å². The van der Waals surface area contributed by atoms with Crippen LogP contribution >= 0.6 is 0 Å². The molecule has 1 N–H and O–H groups in total. The Hall–Kier alpha value is -2.30. The molecule has 1 aromatic rings. The molecule has 0 bridgehead atoms. The van der Waals surface area contributed by atoms with Crippen LogP contribution in [0.5, 0.6) is 0 Å². The lowest BCUT2D eigenvalue weighted by atomic mass is 10.0. The van der Waals surface area contributed by atoms with E-state index in [0.29, 0.717) is 25.6 Å². The minimum atomic E-state index is -0.162. The van der Waals surface area contributed by atoms with E-state index in [1.807, 2.05) is 24.3 Å². The number of carbonyl (C=O) groups excluding carboxylic acids is 2. The van der Waals surface area contributed by atoms with Gasteiger partial charge in [0.1, 0.15) is 6.54 Å². The fourth-order valence-corrected chi connectivity index (χ4v) is 2.42. The van der Waals surface area contributed by atoms with E-state index in [4.69, 9.17) is 0 Å². The van der Waals surface area contributed by atoms with E-state index in [1.54, 1.807) is 15.9 Å². The molecule has 1 aliphatic rings.